The minimum absolute atomic E-state index is 0.244. The lowest BCUT2D eigenvalue weighted by molar-refractivity contribution is -0.147. The summed E-state index contributed by atoms with van der Waals surface area (Å²) in [6.07, 6.45) is 0.354. The van der Waals surface area contributed by atoms with E-state index in [1.807, 2.05) is 26.0 Å². The highest BCUT2D eigenvalue weighted by molar-refractivity contribution is 5.96. The van der Waals surface area contributed by atoms with Crippen molar-refractivity contribution in [1.29, 1.82) is 0 Å². The fraction of sp³-hybridized carbons (Fsp3) is 0.412. The van der Waals surface area contributed by atoms with Crippen molar-refractivity contribution < 1.29 is 19.1 Å². The molecule has 118 valence electrons. The SMILES string of the molecule is Cc1cc2cc(C(=O)NCCC(C)(C)C(=O)O)oc2cc1C. The highest BCUT2D eigenvalue weighted by atomic mass is 16.4. The van der Waals surface area contributed by atoms with E-state index in [1.54, 1.807) is 19.9 Å². The summed E-state index contributed by atoms with van der Waals surface area (Å²) in [5.41, 5.74) is 2.06. The Hall–Kier alpha value is -2.30. The molecule has 0 fully saturated rings. The quantitative estimate of drug-likeness (QED) is 0.888. The molecule has 0 bridgehead atoms. The molecule has 2 N–H and O–H groups in total. The van der Waals surface area contributed by atoms with Crippen LogP contribution >= 0.6 is 0 Å². The van der Waals surface area contributed by atoms with Crippen molar-refractivity contribution in [3.63, 3.8) is 0 Å². The lowest BCUT2D eigenvalue weighted by Crippen LogP contribution is -2.31. The number of carbonyl (C=O) groups is 2. The Balaban J connectivity index is 2.06. The maximum atomic E-state index is 12.1. The molecule has 0 saturated heterocycles. The van der Waals surface area contributed by atoms with Gasteiger partial charge in [-0.3, -0.25) is 9.59 Å². The van der Waals surface area contributed by atoms with Gasteiger partial charge in [0.25, 0.3) is 5.91 Å². The molecule has 1 heterocycles. The standard InChI is InChI=1S/C17H21NO4/c1-10-7-12-9-14(22-13(12)8-11(10)2)15(19)18-6-5-17(3,4)16(20)21/h7-9H,5-6H2,1-4H3,(H,18,19)(H,20,21). The van der Waals surface area contributed by atoms with Gasteiger partial charge >= 0.3 is 5.97 Å². The third-order valence-electron chi connectivity index (χ3n) is 3.97. The second-order valence-electron chi connectivity index (χ2n) is 6.28. The van der Waals surface area contributed by atoms with E-state index in [0.717, 1.165) is 16.5 Å². The molecule has 0 aliphatic heterocycles. The van der Waals surface area contributed by atoms with Crippen LogP contribution in [0.4, 0.5) is 0 Å². The Kier molecular flexibility index (Phi) is 4.26. The van der Waals surface area contributed by atoms with E-state index >= 15 is 0 Å². The molecule has 0 atom stereocenters. The summed E-state index contributed by atoms with van der Waals surface area (Å²) in [6, 6.07) is 5.60. The average molecular weight is 303 g/mol. The number of carboxylic acid groups (broad SMARTS) is 1. The summed E-state index contributed by atoms with van der Waals surface area (Å²) >= 11 is 0. The van der Waals surface area contributed by atoms with E-state index in [2.05, 4.69) is 5.32 Å². The van der Waals surface area contributed by atoms with Crippen LogP contribution in [-0.2, 0) is 4.79 Å². The minimum atomic E-state index is -0.878. The molecule has 22 heavy (non-hydrogen) atoms. The molecule has 2 aromatic rings. The topological polar surface area (TPSA) is 79.5 Å². The molecule has 1 aromatic carbocycles. The predicted molar refractivity (Wildman–Crippen MR) is 84.1 cm³/mol. The molecule has 5 nitrogen and oxygen atoms in total. The molecular formula is C17H21NO4. The molecule has 0 aliphatic carbocycles. The number of amides is 1. The predicted octanol–water partition coefficient (Wildman–Crippen LogP) is 3.28. The third kappa shape index (κ3) is 3.30. The van der Waals surface area contributed by atoms with Crippen LogP contribution in [0.5, 0.6) is 0 Å². The number of aliphatic carboxylic acids is 1. The lowest BCUT2D eigenvalue weighted by atomic mass is 9.90. The fourth-order valence-electron chi connectivity index (χ4n) is 2.10. The van der Waals surface area contributed by atoms with Gasteiger partial charge in [0.05, 0.1) is 5.41 Å². The molecule has 0 unspecified atom stereocenters. The van der Waals surface area contributed by atoms with Gasteiger partial charge < -0.3 is 14.8 Å². The van der Waals surface area contributed by atoms with Gasteiger partial charge in [0, 0.05) is 11.9 Å². The number of benzene rings is 1. The second kappa shape index (κ2) is 5.83. The number of fused-ring (bicyclic) bond motifs is 1. The first-order valence-corrected chi connectivity index (χ1v) is 7.23. The van der Waals surface area contributed by atoms with Gasteiger partial charge in [-0.25, -0.2) is 0 Å². The van der Waals surface area contributed by atoms with Crippen LogP contribution in [0.25, 0.3) is 11.0 Å². The molecule has 1 amide bonds. The molecule has 2 rings (SSSR count). The van der Waals surface area contributed by atoms with Crippen LogP contribution in [0.15, 0.2) is 22.6 Å². The number of furan rings is 1. The molecule has 0 aliphatic rings. The van der Waals surface area contributed by atoms with Gasteiger partial charge in [-0.15, -0.1) is 0 Å². The number of nitrogens with one attached hydrogen (secondary N) is 1. The Morgan fingerprint density at radius 2 is 1.82 bits per heavy atom. The zero-order valence-corrected chi connectivity index (χ0v) is 13.3. The fourth-order valence-corrected chi connectivity index (χ4v) is 2.10. The summed E-state index contributed by atoms with van der Waals surface area (Å²) in [4.78, 5) is 23.1. The number of rotatable bonds is 5. The van der Waals surface area contributed by atoms with E-state index < -0.39 is 11.4 Å². The van der Waals surface area contributed by atoms with Gasteiger partial charge in [-0.1, -0.05) is 0 Å². The molecule has 1 aromatic heterocycles. The van der Waals surface area contributed by atoms with Gasteiger partial charge in [-0.2, -0.15) is 0 Å². The van der Waals surface area contributed by atoms with Crippen LogP contribution in [-0.4, -0.2) is 23.5 Å². The third-order valence-corrected chi connectivity index (χ3v) is 3.97. The number of aryl methyl sites for hydroxylation is 2. The first-order chi connectivity index (χ1) is 10.2. The second-order valence-corrected chi connectivity index (χ2v) is 6.28. The number of hydrogen-bond donors (Lipinski definition) is 2. The van der Waals surface area contributed by atoms with Crippen molar-refractivity contribution in [2.24, 2.45) is 5.41 Å². The summed E-state index contributed by atoms with van der Waals surface area (Å²) in [7, 11) is 0. The monoisotopic (exact) mass is 303 g/mol. The summed E-state index contributed by atoms with van der Waals surface area (Å²) in [5.74, 6) is -0.961. The zero-order valence-electron chi connectivity index (χ0n) is 13.3. The number of carboxylic acids is 1. The normalized spacial score (nSPS) is 11.6. The Morgan fingerprint density at radius 3 is 2.45 bits per heavy atom. The Morgan fingerprint density at radius 1 is 1.18 bits per heavy atom. The highest BCUT2D eigenvalue weighted by Crippen LogP contribution is 2.23. The van der Waals surface area contributed by atoms with Crippen molar-refractivity contribution in [2.45, 2.75) is 34.1 Å². The van der Waals surface area contributed by atoms with E-state index in [-0.39, 0.29) is 18.2 Å². The molecule has 0 spiro atoms. The molecular weight excluding hydrogens is 282 g/mol. The van der Waals surface area contributed by atoms with Gasteiger partial charge in [-0.05, 0) is 63.4 Å². The summed E-state index contributed by atoms with van der Waals surface area (Å²) in [6.45, 7) is 7.55. The van der Waals surface area contributed by atoms with Crippen LogP contribution in [0.2, 0.25) is 0 Å². The molecule has 5 heteroatoms. The average Bonchev–Trinajstić information content (AvgIpc) is 2.81. The summed E-state index contributed by atoms with van der Waals surface area (Å²) in [5, 5.41) is 12.6. The Labute approximate surface area is 129 Å². The van der Waals surface area contributed by atoms with Crippen molar-refractivity contribution in [1.82, 2.24) is 5.32 Å². The van der Waals surface area contributed by atoms with Crippen molar-refractivity contribution in [3.05, 3.63) is 35.1 Å². The molecule has 0 saturated carbocycles. The van der Waals surface area contributed by atoms with E-state index in [0.29, 0.717) is 12.0 Å². The minimum Gasteiger partial charge on any atom is -0.481 e. The van der Waals surface area contributed by atoms with Crippen LogP contribution < -0.4 is 5.32 Å². The van der Waals surface area contributed by atoms with Crippen molar-refractivity contribution >= 4 is 22.8 Å². The lowest BCUT2D eigenvalue weighted by Gasteiger charge is -2.18. The van der Waals surface area contributed by atoms with Crippen molar-refractivity contribution in [3.8, 4) is 0 Å². The zero-order chi connectivity index (χ0) is 16.5. The summed E-state index contributed by atoms with van der Waals surface area (Å²) < 4.78 is 5.57. The number of hydrogen-bond acceptors (Lipinski definition) is 3. The van der Waals surface area contributed by atoms with Gasteiger partial charge in [0.15, 0.2) is 5.76 Å². The van der Waals surface area contributed by atoms with E-state index in [1.165, 1.54) is 0 Å². The van der Waals surface area contributed by atoms with Crippen LogP contribution in [0.1, 0.15) is 41.9 Å². The van der Waals surface area contributed by atoms with Crippen LogP contribution in [0, 0.1) is 19.3 Å². The Bertz CT molecular complexity index is 689. The largest absolute Gasteiger partial charge is 0.481 e. The maximum absolute atomic E-state index is 12.1. The van der Waals surface area contributed by atoms with Crippen LogP contribution in [0.3, 0.4) is 0 Å². The van der Waals surface area contributed by atoms with Gasteiger partial charge in [0.2, 0.25) is 0 Å². The molecule has 0 radical (unpaired) electrons. The maximum Gasteiger partial charge on any atom is 0.309 e. The van der Waals surface area contributed by atoms with Crippen molar-refractivity contribution in [2.75, 3.05) is 6.54 Å². The smallest absolute Gasteiger partial charge is 0.309 e. The first-order valence-electron chi connectivity index (χ1n) is 7.23. The first kappa shape index (κ1) is 16.1. The van der Waals surface area contributed by atoms with E-state index in [9.17, 15) is 9.59 Å². The van der Waals surface area contributed by atoms with E-state index in [4.69, 9.17) is 9.52 Å². The van der Waals surface area contributed by atoms with Gasteiger partial charge in [0.1, 0.15) is 5.58 Å². The highest BCUT2D eigenvalue weighted by Gasteiger charge is 2.26. The number of carbonyl (C=O) groups excluding carboxylic acids is 1.